The minimum atomic E-state index is 0.0275. The van der Waals surface area contributed by atoms with Crippen LogP contribution in [0.4, 0.5) is 5.69 Å². The van der Waals surface area contributed by atoms with Gasteiger partial charge in [0.2, 0.25) is 5.91 Å². The smallest absolute Gasteiger partial charge is 0.225 e. The van der Waals surface area contributed by atoms with E-state index in [-0.39, 0.29) is 11.9 Å². The Morgan fingerprint density at radius 3 is 2.67 bits per heavy atom. The van der Waals surface area contributed by atoms with Crippen molar-refractivity contribution in [3.8, 4) is 0 Å². The van der Waals surface area contributed by atoms with Gasteiger partial charge >= 0.3 is 0 Å². The number of carbonyl (C=O) groups excluding carboxylic acids is 1. The molecule has 1 aromatic rings. The van der Waals surface area contributed by atoms with Gasteiger partial charge in [-0.15, -0.1) is 11.8 Å². The monoisotopic (exact) mass is 304 g/mol. The first-order valence-corrected chi connectivity index (χ1v) is 8.91. The average Bonchev–Trinajstić information content (AvgIpc) is 3.20. The molecule has 0 saturated heterocycles. The quantitative estimate of drug-likeness (QED) is 0.840. The fourth-order valence-electron chi connectivity index (χ4n) is 2.96. The van der Waals surface area contributed by atoms with E-state index in [4.69, 9.17) is 5.73 Å². The van der Waals surface area contributed by atoms with Crippen molar-refractivity contribution < 1.29 is 4.79 Å². The van der Waals surface area contributed by atoms with Crippen LogP contribution in [0.2, 0.25) is 0 Å². The van der Waals surface area contributed by atoms with Gasteiger partial charge in [0, 0.05) is 22.6 Å². The normalized spacial score (nSPS) is 20.4. The molecule has 1 unspecified atom stereocenters. The molecule has 21 heavy (non-hydrogen) atoms. The van der Waals surface area contributed by atoms with E-state index in [1.54, 1.807) is 0 Å². The summed E-state index contributed by atoms with van der Waals surface area (Å²) in [6.45, 7) is 0. The van der Waals surface area contributed by atoms with Gasteiger partial charge in [0.25, 0.3) is 0 Å². The highest BCUT2D eigenvalue weighted by atomic mass is 32.2. The van der Waals surface area contributed by atoms with Crippen molar-refractivity contribution in [2.75, 3.05) is 5.32 Å². The highest BCUT2D eigenvalue weighted by molar-refractivity contribution is 8.00. The van der Waals surface area contributed by atoms with Crippen molar-refractivity contribution in [2.45, 2.75) is 61.1 Å². The lowest BCUT2D eigenvalue weighted by molar-refractivity contribution is -0.116. The summed E-state index contributed by atoms with van der Waals surface area (Å²) in [5, 5.41) is 3.76. The lowest BCUT2D eigenvalue weighted by Crippen LogP contribution is -2.29. The molecule has 1 atom stereocenters. The lowest BCUT2D eigenvalue weighted by Gasteiger charge is -2.15. The van der Waals surface area contributed by atoms with Crippen LogP contribution in [0.25, 0.3) is 0 Å². The molecule has 0 radical (unpaired) electrons. The van der Waals surface area contributed by atoms with Crippen molar-refractivity contribution >= 4 is 23.4 Å². The maximum atomic E-state index is 12.1. The van der Waals surface area contributed by atoms with Crippen LogP contribution in [-0.4, -0.2) is 17.2 Å². The van der Waals surface area contributed by atoms with Crippen molar-refractivity contribution in [3.05, 3.63) is 24.3 Å². The van der Waals surface area contributed by atoms with Crippen LogP contribution in [0.15, 0.2) is 29.2 Å². The maximum Gasteiger partial charge on any atom is 0.225 e. The van der Waals surface area contributed by atoms with Gasteiger partial charge in [0.1, 0.15) is 0 Å². The molecule has 114 valence electrons. The Morgan fingerprint density at radius 2 is 1.95 bits per heavy atom. The van der Waals surface area contributed by atoms with Crippen molar-refractivity contribution in [2.24, 2.45) is 11.7 Å². The molecule has 0 heterocycles. The molecule has 0 aliphatic heterocycles. The van der Waals surface area contributed by atoms with E-state index < -0.39 is 0 Å². The standard InChI is InChI=1S/C17H24N2OS/c18-14(12-9-10-12)11-17(20)19-15-7-3-4-8-16(15)21-13-5-1-2-6-13/h3-4,7-8,12-14H,1-2,5-6,9-11,18H2,(H,19,20). The summed E-state index contributed by atoms with van der Waals surface area (Å²) in [7, 11) is 0. The third-order valence-corrected chi connectivity index (χ3v) is 5.82. The number of hydrogen-bond donors (Lipinski definition) is 2. The summed E-state index contributed by atoms with van der Waals surface area (Å²) in [6, 6.07) is 8.16. The average molecular weight is 304 g/mol. The van der Waals surface area contributed by atoms with E-state index in [1.165, 1.54) is 43.4 Å². The Hall–Kier alpha value is -1.00. The van der Waals surface area contributed by atoms with Gasteiger partial charge in [-0.1, -0.05) is 25.0 Å². The first kappa shape index (κ1) is 14.9. The predicted octanol–water partition coefficient (Wildman–Crippen LogP) is 3.79. The Kier molecular flexibility index (Phi) is 4.86. The van der Waals surface area contributed by atoms with Gasteiger partial charge in [-0.05, 0) is 43.7 Å². The van der Waals surface area contributed by atoms with Crippen LogP contribution >= 0.6 is 11.8 Å². The Bertz CT molecular complexity index is 495. The number of hydrogen-bond acceptors (Lipinski definition) is 3. The zero-order valence-corrected chi connectivity index (χ0v) is 13.2. The maximum absolute atomic E-state index is 12.1. The molecule has 1 aromatic carbocycles. The fourth-order valence-corrected chi connectivity index (χ4v) is 4.30. The van der Waals surface area contributed by atoms with Crippen LogP contribution in [0.1, 0.15) is 44.9 Å². The number of para-hydroxylation sites is 1. The van der Waals surface area contributed by atoms with Gasteiger partial charge < -0.3 is 11.1 Å². The fraction of sp³-hybridized carbons (Fsp3) is 0.588. The van der Waals surface area contributed by atoms with Gasteiger partial charge in [-0.3, -0.25) is 4.79 Å². The zero-order chi connectivity index (χ0) is 14.7. The minimum Gasteiger partial charge on any atom is -0.327 e. The van der Waals surface area contributed by atoms with Crippen LogP contribution in [0.3, 0.4) is 0 Å². The van der Waals surface area contributed by atoms with Crippen LogP contribution in [0, 0.1) is 5.92 Å². The molecule has 2 aliphatic rings. The molecule has 3 N–H and O–H groups in total. The second kappa shape index (κ2) is 6.84. The molecular formula is C17H24N2OS. The van der Waals surface area contributed by atoms with Crippen LogP contribution < -0.4 is 11.1 Å². The summed E-state index contributed by atoms with van der Waals surface area (Å²) in [4.78, 5) is 13.3. The number of anilines is 1. The number of benzene rings is 1. The molecule has 2 fully saturated rings. The third-order valence-electron chi connectivity index (χ3n) is 4.41. The largest absolute Gasteiger partial charge is 0.327 e. The number of amides is 1. The van der Waals surface area contributed by atoms with E-state index in [2.05, 4.69) is 11.4 Å². The Balaban J connectivity index is 1.59. The molecule has 0 bridgehead atoms. The molecule has 3 rings (SSSR count). The summed E-state index contributed by atoms with van der Waals surface area (Å²) < 4.78 is 0. The molecule has 0 spiro atoms. The van der Waals surface area contributed by atoms with E-state index in [9.17, 15) is 4.79 Å². The van der Waals surface area contributed by atoms with Crippen molar-refractivity contribution in [3.63, 3.8) is 0 Å². The van der Waals surface area contributed by atoms with Crippen LogP contribution in [0.5, 0.6) is 0 Å². The predicted molar refractivity (Wildman–Crippen MR) is 88.5 cm³/mol. The summed E-state index contributed by atoms with van der Waals surface area (Å²) in [5.74, 6) is 0.618. The molecule has 2 saturated carbocycles. The third kappa shape index (κ3) is 4.24. The molecule has 3 nitrogen and oxygen atoms in total. The minimum absolute atomic E-state index is 0.0275. The number of thioether (sulfide) groups is 1. The number of rotatable bonds is 6. The van der Waals surface area contributed by atoms with E-state index in [0.717, 1.165) is 5.69 Å². The zero-order valence-electron chi connectivity index (χ0n) is 12.4. The van der Waals surface area contributed by atoms with E-state index in [0.29, 0.717) is 17.6 Å². The van der Waals surface area contributed by atoms with Gasteiger partial charge in [-0.25, -0.2) is 0 Å². The second-order valence-corrected chi connectivity index (χ2v) is 7.62. The Labute approximate surface area is 131 Å². The molecule has 0 aromatic heterocycles. The lowest BCUT2D eigenvalue weighted by atomic mass is 10.1. The second-order valence-electron chi connectivity index (χ2n) is 6.27. The Morgan fingerprint density at radius 1 is 1.24 bits per heavy atom. The highest BCUT2D eigenvalue weighted by Gasteiger charge is 2.30. The van der Waals surface area contributed by atoms with E-state index in [1.807, 2.05) is 30.0 Å². The van der Waals surface area contributed by atoms with Crippen LogP contribution in [-0.2, 0) is 4.79 Å². The number of carbonyl (C=O) groups is 1. The number of nitrogens with two attached hydrogens (primary N) is 1. The topological polar surface area (TPSA) is 55.1 Å². The summed E-state index contributed by atoms with van der Waals surface area (Å²) in [6.07, 6.45) is 8.06. The highest BCUT2D eigenvalue weighted by Crippen LogP contribution is 2.38. The molecule has 2 aliphatic carbocycles. The molecule has 1 amide bonds. The van der Waals surface area contributed by atoms with Crippen molar-refractivity contribution in [1.82, 2.24) is 0 Å². The van der Waals surface area contributed by atoms with Gasteiger partial charge in [0.05, 0.1) is 5.69 Å². The summed E-state index contributed by atoms with van der Waals surface area (Å²) in [5.41, 5.74) is 6.98. The molecule has 4 heteroatoms. The van der Waals surface area contributed by atoms with Gasteiger partial charge in [-0.2, -0.15) is 0 Å². The number of nitrogens with one attached hydrogen (secondary N) is 1. The molecular weight excluding hydrogens is 280 g/mol. The first-order valence-electron chi connectivity index (χ1n) is 8.03. The van der Waals surface area contributed by atoms with E-state index >= 15 is 0 Å². The SMILES string of the molecule is NC(CC(=O)Nc1ccccc1SC1CCCC1)C1CC1. The summed E-state index contributed by atoms with van der Waals surface area (Å²) >= 11 is 1.91. The first-order chi connectivity index (χ1) is 10.2. The van der Waals surface area contributed by atoms with Crippen molar-refractivity contribution in [1.29, 1.82) is 0 Å². The van der Waals surface area contributed by atoms with Gasteiger partial charge in [0.15, 0.2) is 0 Å².